The van der Waals surface area contributed by atoms with Crippen molar-refractivity contribution >= 4 is 12.3 Å². The first kappa shape index (κ1) is 7.84. The lowest BCUT2D eigenvalue weighted by Gasteiger charge is -2.06. The summed E-state index contributed by atoms with van der Waals surface area (Å²) in [6, 6.07) is 0. The number of rotatable bonds is 3. The smallest absolute Gasteiger partial charge is 0.254 e. The predicted molar refractivity (Wildman–Crippen MR) is 30.2 cm³/mol. The van der Waals surface area contributed by atoms with Crippen LogP contribution < -0.4 is 0 Å². The molecule has 0 spiro atoms. The number of carbonyl (C=O) groups excluding carboxylic acids is 2. The fourth-order valence-corrected chi connectivity index (χ4v) is 0.272. The van der Waals surface area contributed by atoms with E-state index in [0.717, 1.165) is 6.08 Å². The summed E-state index contributed by atoms with van der Waals surface area (Å²) in [6.45, 7) is 2.51. The van der Waals surface area contributed by atoms with Gasteiger partial charge in [-0.05, 0) is 6.08 Å². The Bertz CT molecular complexity index is 132. The number of nitrogens with zero attached hydrogens (tertiary/aromatic N) is 1. The lowest BCUT2D eigenvalue weighted by Crippen LogP contribution is -2.28. The highest BCUT2D eigenvalue weighted by Gasteiger charge is 2.04. The second-order valence-electron chi connectivity index (χ2n) is 1.26. The van der Waals surface area contributed by atoms with Gasteiger partial charge in [-0.3, -0.25) is 14.5 Å². The van der Waals surface area contributed by atoms with Gasteiger partial charge in [-0.1, -0.05) is 6.58 Å². The van der Waals surface area contributed by atoms with Crippen molar-refractivity contribution in [3.63, 3.8) is 0 Å². The van der Waals surface area contributed by atoms with E-state index in [2.05, 4.69) is 6.58 Å². The maximum Gasteiger partial charge on any atom is 0.254 e. The monoisotopic (exact) mass is 129 g/mol. The van der Waals surface area contributed by atoms with E-state index in [1.165, 1.54) is 0 Å². The normalized spacial score (nSPS) is 8.11. The van der Waals surface area contributed by atoms with E-state index in [4.69, 9.17) is 5.11 Å². The summed E-state index contributed by atoms with van der Waals surface area (Å²) < 4.78 is 0. The van der Waals surface area contributed by atoms with Crippen molar-refractivity contribution in [1.82, 2.24) is 4.90 Å². The molecule has 0 atom stereocenters. The fourth-order valence-electron chi connectivity index (χ4n) is 0.272. The molecule has 0 unspecified atom stereocenters. The van der Waals surface area contributed by atoms with Gasteiger partial charge in [0.2, 0.25) is 6.41 Å². The SMILES string of the molecule is C=CC(=O)N(C=O)CO. The molecule has 9 heavy (non-hydrogen) atoms. The van der Waals surface area contributed by atoms with Gasteiger partial charge in [-0.25, -0.2) is 0 Å². The summed E-state index contributed by atoms with van der Waals surface area (Å²) in [5.74, 6) is -0.604. The van der Waals surface area contributed by atoms with E-state index in [1.807, 2.05) is 0 Å². The van der Waals surface area contributed by atoms with Gasteiger partial charge < -0.3 is 5.11 Å². The van der Waals surface area contributed by atoms with Crippen molar-refractivity contribution in [3.05, 3.63) is 12.7 Å². The topological polar surface area (TPSA) is 57.6 Å². The molecule has 1 N–H and O–H groups in total. The Morgan fingerprint density at radius 2 is 2.33 bits per heavy atom. The van der Waals surface area contributed by atoms with Gasteiger partial charge in [0, 0.05) is 0 Å². The van der Waals surface area contributed by atoms with E-state index in [0.29, 0.717) is 4.90 Å². The second kappa shape index (κ2) is 3.80. The van der Waals surface area contributed by atoms with Gasteiger partial charge in [-0.15, -0.1) is 0 Å². The molecular weight excluding hydrogens is 122 g/mol. The molecule has 0 aliphatic heterocycles. The first-order valence-electron chi connectivity index (χ1n) is 2.25. The van der Waals surface area contributed by atoms with Crippen LogP contribution in [-0.2, 0) is 9.59 Å². The summed E-state index contributed by atoms with van der Waals surface area (Å²) in [7, 11) is 0. The van der Waals surface area contributed by atoms with Crippen molar-refractivity contribution in [2.45, 2.75) is 0 Å². The van der Waals surface area contributed by atoms with Gasteiger partial charge in [0.05, 0.1) is 0 Å². The molecule has 0 aromatic rings. The average Bonchev–Trinajstić information content (AvgIpc) is 1.90. The molecule has 0 fully saturated rings. The lowest BCUT2D eigenvalue weighted by atomic mass is 10.5. The fraction of sp³-hybridized carbons (Fsp3) is 0.200. The van der Waals surface area contributed by atoms with Crippen molar-refractivity contribution in [3.8, 4) is 0 Å². The first-order valence-corrected chi connectivity index (χ1v) is 2.25. The number of amides is 2. The predicted octanol–water partition coefficient (Wildman–Crippen LogP) is -0.893. The third-order valence-corrected chi connectivity index (χ3v) is 0.737. The molecule has 0 rings (SSSR count). The summed E-state index contributed by atoms with van der Waals surface area (Å²) in [6.07, 6.45) is 1.19. The molecule has 50 valence electrons. The van der Waals surface area contributed by atoms with Crippen LogP contribution in [0.4, 0.5) is 0 Å². The molecule has 0 aliphatic rings. The molecule has 0 radical (unpaired) electrons. The minimum absolute atomic E-state index is 0.240. The van der Waals surface area contributed by atoms with Gasteiger partial charge >= 0.3 is 0 Å². The van der Waals surface area contributed by atoms with E-state index >= 15 is 0 Å². The van der Waals surface area contributed by atoms with E-state index in [-0.39, 0.29) is 6.41 Å². The van der Waals surface area contributed by atoms with Crippen molar-refractivity contribution < 1.29 is 14.7 Å². The van der Waals surface area contributed by atoms with E-state index in [1.54, 1.807) is 0 Å². The molecule has 0 aliphatic carbocycles. The van der Waals surface area contributed by atoms with Crippen LogP contribution in [0.3, 0.4) is 0 Å². The van der Waals surface area contributed by atoms with Gasteiger partial charge in [0.15, 0.2) is 0 Å². The van der Waals surface area contributed by atoms with Gasteiger partial charge in [0.1, 0.15) is 6.73 Å². The highest BCUT2D eigenvalue weighted by Crippen LogP contribution is 1.81. The first-order chi connectivity index (χ1) is 4.26. The van der Waals surface area contributed by atoms with Crippen LogP contribution in [-0.4, -0.2) is 29.1 Å². The van der Waals surface area contributed by atoms with Gasteiger partial charge in [-0.2, -0.15) is 0 Å². The Balaban J connectivity index is 3.93. The maximum atomic E-state index is 10.4. The van der Waals surface area contributed by atoms with Crippen LogP contribution in [0.2, 0.25) is 0 Å². The summed E-state index contributed by atoms with van der Waals surface area (Å²) in [5.41, 5.74) is 0. The molecule has 0 saturated carbocycles. The molecule has 4 heteroatoms. The number of hydrogen-bond donors (Lipinski definition) is 1. The molecule has 0 bridgehead atoms. The molecule has 0 saturated heterocycles. The Hall–Kier alpha value is -1.16. The Morgan fingerprint density at radius 3 is 2.44 bits per heavy atom. The van der Waals surface area contributed by atoms with Crippen molar-refractivity contribution in [1.29, 1.82) is 0 Å². The number of hydrogen-bond acceptors (Lipinski definition) is 3. The number of imide groups is 1. The second-order valence-corrected chi connectivity index (χ2v) is 1.26. The average molecular weight is 129 g/mol. The molecular formula is C5H7NO3. The van der Waals surface area contributed by atoms with Crippen LogP contribution in [0.5, 0.6) is 0 Å². The number of aliphatic hydroxyl groups excluding tert-OH is 1. The summed E-state index contributed by atoms with van der Waals surface area (Å²) in [5, 5.41) is 8.25. The lowest BCUT2D eigenvalue weighted by molar-refractivity contribution is -0.138. The Labute approximate surface area is 52.4 Å². The van der Waals surface area contributed by atoms with Crippen LogP contribution in [0.15, 0.2) is 12.7 Å². The third kappa shape index (κ3) is 2.05. The molecule has 0 aromatic carbocycles. The zero-order valence-electron chi connectivity index (χ0n) is 4.78. The van der Waals surface area contributed by atoms with E-state index < -0.39 is 12.6 Å². The molecule has 2 amide bonds. The van der Waals surface area contributed by atoms with Crippen LogP contribution >= 0.6 is 0 Å². The Morgan fingerprint density at radius 1 is 1.78 bits per heavy atom. The quantitative estimate of drug-likeness (QED) is 0.305. The van der Waals surface area contributed by atoms with E-state index in [9.17, 15) is 9.59 Å². The zero-order valence-corrected chi connectivity index (χ0v) is 4.78. The van der Waals surface area contributed by atoms with Crippen LogP contribution in [0, 0.1) is 0 Å². The third-order valence-electron chi connectivity index (χ3n) is 0.737. The van der Waals surface area contributed by atoms with Crippen LogP contribution in [0.1, 0.15) is 0 Å². The Kier molecular flexibility index (Phi) is 3.31. The summed E-state index contributed by atoms with van der Waals surface area (Å²) >= 11 is 0. The highest BCUT2D eigenvalue weighted by molar-refractivity contribution is 5.93. The van der Waals surface area contributed by atoms with Gasteiger partial charge in [0.25, 0.3) is 5.91 Å². The number of carbonyl (C=O) groups is 2. The maximum absolute atomic E-state index is 10.4. The van der Waals surface area contributed by atoms with Crippen LogP contribution in [0.25, 0.3) is 0 Å². The standard InChI is InChI=1S/C5H7NO3/c1-2-5(9)6(3-7)4-8/h2-3,8H,1,4H2. The van der Waals surface area contributed by atoms with Crippen molar-refractivity contribution in [2.24, 2.45) is 0 Å². The molecule has 0 aromatic heterocycles. The molecule has 4 nitrogen and oxygen atoms in total. The largest absolute Gasteiger partial charge is 0.376 e. The van der Waals surface area contributed by atoms with Crippen molar-refractivity contribution in [2.75, 3.05) is 6.73 Å². The zero-order chi connectivity index (χ0) is 7.28. The summed E-state index contributed by atoms with van der Waals surface area (Å²) in [4.78, 5) is 20.8. The minimum Gasteiger partial charge on any atom is -0.376 e. The molecule has 0 heterocycles. The minimum atomic E-state index is -0.604. The highest BCUT2D eigenvalue weighted by atomic mass is 16.3. The number of aliphatic hydroxyl groups is 1.